The van der Waals surface area contributed by atoms with Gasteiger partial charge in [0.2, 0.25) is 0 Å². The first-order valence-corrected chi connectivity index (χ1v) is 5.15. The molecule has 0 aliphatic carbocycles. The van der Waals surface area contributed by atoms with Crippen LogP contribution in [0, 0.1) is 0 Å². The van der Waals surface area contributed by atoms with Gasteiger partial charge in [-0.1, -0.05) is 13.8 Å². The molecule has 0 unspecified atom stereocenters. The average Bonchev–Trinajstić information content (AvgIpc) is 2.20. The van der Waals surface area contributed by atoms with E-state index >= 15 is 0 Å². The Kier molecular flexibility index (Phi) is 3.79. The van der Waals surface area contributed by atoms with Crippen molar-refractivity contribution in [1.29, 1.82) is 0 Å². The second-order valence-electron chi connectivity index (χ2n) is 3.88. The fraction of sp³-hybridized carbons (Fsp3) is 0.600. The number of nitrogens with one attached hydrogen (secondary N) is 1. The molecule has 1 N–H and O–H groups in total. The molecule has 17 heavy (non-hydrogen) atoms. The predicted octanol–water partition coefficient (Wildman–Crippen LogP) is 1.61. The first-order chi connectivity index (χ1) is 7.74. The maximum atomic E-state index is 12.1. The van der Waals surface area contributed by atoms with Crippen LogP contribution in [0.25, 0.3) is 0 Å². The molecule has 0 saturated carbocycles. The molecule has 0 aromatic carbocycles. The van der Waals surface area contributed by atoms with Crippen LogP contribution in [0.5, 0.6) is 0 Å². The highest BCUT2D eigenvalue weighted by Crippen LogP contribution is 2.16. The van der Waals surface area contributed by atoms with Crippen LogP contribution in [0.4, 0.5) is 13.2 Å². The van der Waals surface area contributed by atoms with Crippen LogP contribution in [0.1, 0.15) is 31.9 Å². The molecule has 1 atom stereocenters. The van der Waals surface area contributed by atoms with Crippen molar-refractivity contribution >= 4 is 0 Å². The predicted molar refractivity (Wildman–Crippen MR) is 56.1 cm³/mol. The first kappa shape index (κ1) is 13.5. The van der Waals surface area contributed by atoms with Crippen LogP contribution < -0.4 is 11.2 Å². The van der Waals surface area contributed by atoms with Crippen molar-refractivity contribution < 1.29 is 13.2 Å². The summed E-state index contributed by atoms with van der Waals surface area (Å²) in [5, 5.41) is 0. The quantitative estimate of drug-likeness (QED) is 0.886. The Morgan fingerprint density at radius 1 is 1.41 bits per heavy atom. The smallest absolute Gasteiger partial charge is 0.311 e. The number of aromatic amines is 1. The lowest BCUT2D eigenvalue weighted by Crippen LogP contribution is -2.39. The highest BCUT2D eigenvalue weighted by molar-refractivity contribution is 5.05. The van der Waals surface area contributed by atoms with E-state index in [4.69, 9.17) is 0 Å². The summed E-state index contributed by atoms with van der Waals surface area (Å²) in [6, 6.07) is 1.04. The molecule has 96 valence electrons. The number of rotatable bonds is 3. The van der Waals surface area contributed by atoms with Crippen LogP contribution in [0.2, 0.25) is 0 Å². The van der Waals surface area contributed by atoms with Crippen molar-refractivity contribution in [2.24, 2.45) is 0 Å². The van der Waals surface area contributed by atoms with E-state index in [1.165, 1.54) is 0 Å². The zero-order chi connectivity index (χ0) is 13.2. The molecule has 1 heterocycles. The monoisotopic (exact) mass is 250 g/mol. The van der Waals surface area contributed by atoms with Gasteiger partial charge >= 0.3 is 11.9 Å². The summed E-state index contributed by atoms with van der Waals surface area (Å²) in [5.41, 5.74) is -1.59. The number of alkyl halides is 3. The molecule has 7 heteroatoms. The van der Waals surface area contributed by atoms with E-state index in [0.717, 1.165) is 6.07 Å². The number of nitrogens with zero attached hydrogens (tertiary/aromatic N) is 1. The van der Waals surface area contributed by atoms with Crippen LogP contribution in [-0.2, 0) is 6.54 Å². The Labute approximate surface area is 95.1 Å². The summed E-state index contributed by atoms with van der Waals surface area (Å²) in [7, 11) is 0. The molecule has 1 aromatic rings. The van der Waals surface area contributed by atoms with Gasteiger partial charge in [0.1, 0.15) is 6.54 Å². The Bertz CT molecular complexity index is 470. The largest absolute Gasteiger partial charge is 0.406 e. The van der Waals surface area contributed by atoms with Crippen LogP contribution in [-0.4, -0.2) is 15.7 Å². The lowest BCUT2D eigenvalue weighted by atomic mass is 10.1. The molecule has 1 rings (SSSR count). The van der Waals surface area contributed by atoms with Crippen molar-refractivity contribution in [2.45, 2.75) is 38.9 Å². The Balaban J connectivity index is 3.21. The molecule has 1 aromatic heterocycles. The second-order valence-corrected chi connectivity index (χ2v) is 3.88. The van der Waals surface area contributed by atoms with E-state index in [-0.39, 0.29) is 10.5 Å². The number of halogens is 3. The summed E-state index contributed by atoms with van der Waals surface area (Å²) < 4.78 is 36.5. The normalized spacial score (nSPS) is 13.7. The highest BCUT2D eigenvalue weighted by Gasteiger charge is 2.29. The maximum absolute atomic E-state index is 12.1. The van der Waals surface area contributed by atoms with E-state index in [1.807, 2.05) is 6.92 Å². The van der Waals surface area contributed by atoms with Gasteiger partial charge < -0.3 is 4.98 Å². The molecular weight excluding hydrogens is 237 g/mol. The molecule has 0 spiro atoms. The summed E-state index contributed by atoms with van der Waals surface area (Å²) in [4.78, 5) is 25.1. The van der Waals surface area contributed by atoms with E-state index in [0.29, 0.717) is 12.1 Å². The van der Waals surface area contributed by atoms with Gasteiger partial charge in [-0.25, -0.2) is 4.79 Å². The van der Waals surface area contributed by atoms with Crippen LogP contribution >= 0.6 is 0 Å². The van der Waals surface area contributed by atoms with Crippen LogP contribution in [0.15, 0.2) is 15.7 Å². The Morgan fingerprint density at radius 3 is 2.41 bits per heavy atom. The van der Waals surface area contributed by atoms with Crippen molar-refractivity contribution in [3.63, 3.8) is 0 Å². The van der Waals surface area contributed by atoms with Gasteiger partial charge in [0.25, 0.3) is 5.56 Å². The standard InChI is InChI=1S/C10H13F3N2O2/c1-3-6(2)7-4-8(16)15(9(17)14-7)5-10(11,12)13/h4,6H,3,5H2,1-2H3,(H,14,17)/t6-/m0/s1. The van der Waals surface area contributed by atoms with E-state index in [2.05, 4.69) is 4.98 Å². The summed E-state index contributed by atoms with van der Waals surface area (Å²) in [5.74, 6) is -0.0732. The molecule has 0 saturated heterocycles. The fourth-order valence-corrected chi connectivity index (χ4v) is 1.35. The number of hydrogen-bond donors (Lipinski definition) is 1. The van der Waals surface area contributed by atoms with Gasteiger partial charge in [0, 0.05) is 11.8 Å². The zero-order valence-corrected chi connectivity index (χ0v) is 9.47. The molecule has 0 fully saturated rings. The van der Waals surface area contributed by atoms with Gasteiger partial charge in [-0.2, -0.15) is 13.2 Å². The summed E-state index contributed by atoms with van der Waals surface area (Å²) in [6.45, 7) is 2.06. The second kappa shape index (κ2) is 4.77. The molecule has 0 radical (unpaired) electrons. The Hall–Kier alpha value is -1.53. The first-order valence-electron chi connectivity index (χ1n) is 5.15. The minimum absolute atomic E-state index is 0.0732. The summed E-state index contributed by atoms with van der Waals surface area (Å²) in [6.07, 6.45) is -3.91. The Morgan fingerprint density at radius 2 is 2.00 bits per heavy atom. The van der Waals surface area contributed by atoms with Gasteiger partial charge in [-0.15, -0.1) is 0 Å². The minimum Gasteiger partial charge on any atom is -0.311 e. The van der Waals surface area contributed by atoms with Crippen molar-refractivity contribution in [3.8, 4) is 0 Å². The molecule has 0 amide bonds. The number of H-pyrrole nitrogens is 1. The third-order valence-corrected chi connectivity index (χ3v) is 2.52. The zero-order valence-electron chi connectivity index (χ0n) is 9.47. The topological polar surface area (TPSA) is 54.9 Å². The average molecular weight is 250 g/mol. The molecular formula is C10H13F3N2O2. The SMILES string of the molecule is CC[C@H](C)c1cc(=O)n(CC(F)(F)F)c(=O)[nH]1. The van der Waals surface area contributed by atoms with Gasteiger partial charge in [0.15, 0.2) is 0 Å². The molecule has 4 nitrogen and oxygen atoms in total. The van der Waals surface area contributed by atoms with E-state index in [1.54, 1.807) is 6.92 Å². The molecule has 0 aliphatic heterocycles. The number of aromatic nitrogens is 2. The summed E-state index contributed by atoms with van der Waals surface area (Å²) >= 11 is 0. The number of hydrogen-bond acceptors (Lipinski definition) is 2. The van der Waals surface area contributed by atoms with Crippen molar-refractivity contribution in [1.82, 2.24) is 9.55 Å². The third kappa shape index (κ3) is 3.47. The lowest BCUT2D eigenvalue weighted by molar-refractivity contribution is -0.141. The van der Waals surface area contributed by atoms with Gasteiger partial charge in [-0.3, -0.25) is 9.36 Å². The molecule has 0 bridgehead atoms. The lowest BCUT2D eigenvalue weighted by Gasteiger charge is -2.11. The van der Waals surface area contributed by atoms with Gasteiger partial charge in [0.05, 0.1) is 0 Å². The van der Waals surface area contributed by atoms with Crippen molar-refractivity contribution in [2.75, 3.05) is 0 Å². The van der Waals surface area contributed by atoms with Crippen LogP contribution in [0.3, 0.4) is 0 Å². The minimum atomic E-state index is -4.59. The van der Waals surface area contributed by atoms with E-state index < -0.39 is 24.0 Å². The highest BCUT2D eigenvalue weighted by atomic mass is 19.4. The third-order valence-electron chi connectivity index (χ3n) is 2.52. The fourth-order valence-electron chi connectivity index (χ4n) is 1.35. The van der Waals surface area contributed by atoms with E-state index in [9.17, 15) is 22.8 Å². The maximum Gasteiger partial charge on any atom is 0.406 e. The molecule has 0 aliphatic rings. The van der Waals surface area contributed by atoms with Crippen molar-refractivity contribution in [3.05, 3.63) is 32.6 Å². The van der Waals surface area contributed by atoms with Gasteiger partial charge in [-0.05, 0) is 12.3 Å².